The van der Waals surface area contributed by atoms with Gasteiger partial charge in [0.05, 0.1) is 0 Å². The van der Waals surface area contributed by atoms with Gasteiger partial charge in [0.25, 0.3) is 0 Å². The first-order valence-corrected chi connectivity index (χ1v) is 5.07. The van der Waals surface area contributed by atoms with Crippen molar-refractivity contribution >= 4 is 11.6 Å². The van der Waals surface area contributed by atoms with Crippen LogP contribution in [0.1, 0.15) is 25.3 Å². The number of rotatable bonds is 1. The second-order valence-corrected chi connectivity index (χ2v) is 4.90. The van der Waals surface area contributed by atoms with Gasteiger partial charge in [0, 0.05) is 22.5 Å². The van der Waals surface area contributed by atoms with Crippen LogP contribution >= 0.6 is 11.6 Å². The number of benzene rings is 1. The summed E-state index contributed by atoms with van der Waals surface area (Å²) in [6, 6.07) is 5.27. The Hall–Kier alpha value is -0.730. The van der Waals surface area contributed by atoms with Crippen molar-refractivity contribution in [3.63, 3.8) is 0 Å². The SMILES string of the molecule is CC1(C)[C@@H](N)[C@@H]1c1c(O)cccc1Cl. The smallest absolute Gasteiger partial charge is 0.120 e. The van der Waals surface area contributed by atoms with Crippen molar-refractivity contribution in [2.45, 2.75) is 25.8 Å². The quantitative estimate of drug-likeness (QED) is 0.750. The molecule has 0 aromatic heterocycles. The molecular weight excluding hydrogens is 198 g/mol. The van der Waals surface area contributed by atoms with Gasteiger partial charge in [0.2, 0.25) is 0 Å². The summed E-state index contributed by atoms with van der Waals surface area (Å²) in [6.07, 6.45) is 0. The molecule has 0 heterocycles. The Morgan fingerprint density at radius 2 is 2.00 bits per heavy atom. The van der Waals surface area contributed by atoms with Crippen LogP contribution in [0.25, 0.3) is 0 Å². The monoisotopic (exact) mass is 211 g/mol. The molecule has 1 aromatic rings. The zero-order valence-corrected chi connectivity index (χ0v) is 9.05. The van der Waals surface area contributed by atoms with Crippen LogP contribution in [0, 0.1) is 5.41 Å². The Balaban J connectivity index is 2.44. The predicted molar refractivity (Wildman–Crippen MR) is 57.6 cm³/mol. The number of phenols is 1. The molecule has 14 heavy (non-hydrogen) atoms. The van der Waals surface area contributed by atoms with Crippen LogP contribution < -0.4 is 5.73 Å². The van der Waals surface area contributed by atoms with Crippen LogP contribution in [-0.2, 0) is 0 Å². The van der Waals surface area contributed by atoms with Crippen LogP contribution in [0.3, 0.4) is 0 Å². The molecule has 2 atom stereocenters. The van der Waals surface area contributed by atoms with Crippen molar-refractivity contribution in [3.05, 3.63) is 28.8 Å². The lowest BCUT2D eigenvalue weighted by Gasteiger charge is -2.07. The summed E-state index contributed by atoms with van der Waals surface area (Å²) in [5.41, 5.74) is 6.79. The number of phenolic OH excluding ortho intramolecular Hbond substituents is 1. The Kier molecular flexibility index (Phi) is 2.02. The van der Waals surface area contributed by atoms with E-state index in [0.29, 0.717) is 5.02 Å². The van der Waals surface area contributed by atoms with Crippen molar-refractivity contribution in [1.82, 2.24) is 0 Å². The second-order valence-electron chi connectivity index (χ2n) is 4.50. The van der Waals surface area contributed by atoms with Gasteiger partial charge >= 0.3 is 0 Å². The number of hydrogen-bond acceptors (Lipinski definition) is 2. The van der Waals surface area contributed by atoms with Crippen molar-refractivity contribution in [2.24, 2.45) is 11.1 Å². The van der Waals surface area contributed by atoms with E-state index in [4.69, 9.17) is 17.3 Å². The van der Waals surface area contributed by atoms with E-state index in [1.54, 1.807) is 18.2 Å². The molecule has 0 spiro atoms. The lowest BCUT2D eigenvalue weighted by molar-refractivity contribution is 0.464. The van der Waals surface area contributed by atoms with Gasteiger partial charge in [-0.05, 0) is 17.5 Å². The molecule has 2 rings (SSSR count). The molecule has 0 amide bonds. The highest BCUT2D eigenvalue weighted by Crippen LogP contribution is 2.60. The Bertz CT molecular complexity index is 355. The zero-order chi connectivity index (χ0) is 10.5. The standard InChI is InChI=1S/C11H14ClNO/c1-11(2)9(10(11)13)8-6(12)4-3-5-7(8)14/h3-5,9-10,14H,13H2,1-2H3/t9-,10-/m0/s1. The maximum Gasteiger partial charge on any atom is 0.120 e. The highest BCUT2D eigenvalue weighted by molar-refractivity contribution is 6.31. The molecule has 76 valence electrons. The van der Waals surface area contributed by atoms with Crippen molar-refractivity contribution in [3.8, 4) is 5.75 Å². The molecule has 0 aliphatic heterocycles. The number of hydrogen-bond donors (Lipinski definition) is 2. The van der Waals surface area contributed by atoms with E-state index in [9.17, 15) is 5.11 Å². The molecule has 0 radical (unpaired) electrons. The van der Waals surface area contributed by atoms with E-state index in [1.165, 1.54) is 0 Å². The third kappa shape index (κ3) is 1.22. The summed E-state index contributed by atoms with van der Waals surface area (Å²) in [6.45, 7) is 4.18. The molecule has 0 bridgehead atoms. The van der Waals surface area contributed by atoms with Crippen LogP contribution in [-0.4, -0.2) is 11.1 Å². The normalized spacial score (nSPS) is 28.9. The second kappa shape index (κ2) is 2.88. The van der Waals surface area contributed by atoms with E-state index in [-0.39, 0.29) is 23.1 Å². The highest BCUT2D eigenvalue weighted by Gasteiger charge is 2.57. The summed E-state index contributed by atoms with van der Waals surface area (Å²) in [7, 11) is 0. The molecule has 1 aliphatic rings. The molecular formula is C11H14ClNO. The fourth-order valence-electron chi connectivity index (χ4n) is 2.06. The average molecular weight is 212 g/mol. The van der Waals surface area contributed by atoms with Gasteiger partial charge in [-0.3, -0.25) is 0 Å². The summed E-state index contributed by atoms with van der Waals surface area (Å²) in [4.78, 5) is 0. The van der Waals surface area contributed by atoms with E-state index in [1.807, 2.05) is 0 Å². The fraction of sp³-hybridized carbons (Fsp3) is 0.455. The largest absolute Gasteiger partial charge is 0.508 e. The summed E-state index contributed by atoms with van der Waals surface area (Å²) < 4.78 is 0. The van der Waals surface area contributed by atoms with Crippen LogP contribution in [0.5, 0.6) is 5.75 Å². The molecule has 1 saturated carbocycles. The minimum atomic E-state index is 0.0441. The molecule has 1 fully saturated rings. The minimum Gasteiger partial charge on any atom is -0.508 e. The molecule has 0 unspecified atom stereocenters. The topological polar surface area (TPSA) is 46.2 Å². The summed E-state index contributed by atoms with van der Waals surface area (Å²) >= 11 is 6.04. The van der Waals surface area contributed by atoms with Gasteiger partial charge in [-0.15, -0.1) is 0 Å². The first kappa shape index (κ1) is 9.81. The maximum atomic E-state index is 9.71. The number of halogens is 1. The summed E-state index contributed by atoms with van der Waals surface area (Å²) in [5.74, 6) is 0.430. The zero-order valence-electron chi connectivity index (χ0n) is 8.29. The number of aromatic hydroxyl groups is 1. The third-order valence-corrected chi connectivity index (χ3v) is 3.58. The molecule has 1 aromatic carbocycles. The molecule has 3 N–H and O–H groups in total. The first-order valence-electron chi connectivity index (χ1n) is 4.69. The van der Waals surface area contributed by atoms with Gasteiger partial charge in [0.15, 0.2) is 0 Å². The lowest BCUT2D eigenvalue weighted by Crippen LogP contribution is -2.06. The predicted octanol–water partition coefficient (Wildman–Crippen LogP) is 2.50. The van der Waals surface area contributed by atoms with Gasteiger partial charge in [-0.2, -0.15) is 0 Å². The fourth-order valence-corrected chi connectivity index (χ4v) is 2.35. The Labute approximate surface area is 88.7 Å². The van der Waals surface area contributed by atoms with Gasteiger partial charge < -0.3 is 10.8 Å². The first-order chi connectivity index (χ1) is 6.46. The van der Waals surface area contributed by atoms with E-state index < -0.39 is 0 Å². The van der Waals surface area contributed by atoms with Gasteiger partial charge in [-0.1, -0.05) is 31.5 Å². The van der Waals surface area contributed by atoms with Crippen LogP contribution in [0.15, 0.2) is 18.2 Å². The summed E-state index contributed by atoms with van der Waals surface area (Å²) in [5, 5.41) is 10.3. The van der Waals surface area contributed by atoms with Crippen LogP contribution in [0.4, 0.5) is 0 Å². The van der Waals surface area contributed by atoms with Crippen molar-refractivity contribution in [1.29, 1.82) is 0 Å². The Morgan fingerprint density at radius 1 is 1.43 bits per heavy atom. The average Bonchev–Trinajstić information content (AvgIpc) is 2.54. The molecule has 2 nitrogen and oxygen atoms in total. The van der Waals surface area contributed by atoms with E-state index in [2.05, 4.69) is 13.8 Å². The third-order valence-electron chi connectivity index (χ3n) is 3.25. The van der Waals surface area contributed by atoms with Crippen LogP contribution in [0.2, 0.25) is 5.02 Å². The van der Waals surface area contributed by atoms with Crippen molar-refractivity contribution < 1.29 is 5.11 Å². The molecule has 0 saturated heterocycles. The van der Waals surface area contributed by atoms with E-state index in [0.717, 1.165) is 5.56 Å². The van der Waals surface area contributed by atoms with Gasteiger partial charge in [0.1, 0.15) is 5.75 Å². The number of nitrogens with two attached hydrogens (primary N) is 1. The van der Waals surface area contributed by atoms with E-state index >= 15 is 0 Å². The maximum absolute atomic E-state index is 9.71. The lowest BCUT2D eigenvalue weighted by atomic mass is 10.0. The molecule has 1 aliphatic carbocycles. The Morgan fingerprint density at radius 3 is 2.43 bits per heavy atom. The highest BCUT2D eigenvalue weighted by atomic mass is 35.5. The molecule has 3 heteroatoms. The van der Waals surface area contributed by atoms with Gasteiger partial charge in [-0.25, -0.2) is 0 Å². The minimum absolute atomic E-state index is 0.0441. The van der Waals surface area contributed by atoms with Crippen molar-refractivity contribution in [2.75, 3.05) is 0 Å².